The van der Waals surface area contributed by atoms with Crippen molar-refractivity contribution in [1.82, 2.24) is 15.1 Å². The summed E-state index contributed by atoms with van der Waals surface area (Å²) in [5, 5.41) is 15.8. The van der Waals surface area contributed by atoms with Crippen LogP contribution in [0.3, 0.4) is 0 Å². The molecule has 53 heavy (non-hydrogen) atoms. The van der Waals surface area contributed by atoms with Crippen molar-refractivity contribution in [3.05, 3.63) is 124 Å². The van der Waals surface area contributed by atoms with Crippen LogP contribution in [-0.2, 0) is 16.0 Å². The highest BCUT2D eigenvalue weighted by molar-refractivity contribution is 6.23. The van der Waals surface area contributed by atoms with Crippen molar-refractivity contribution in [3.63, 3.8) is 0 Å². The number of anilines is 2. The molecule has 4 aliphatic rings. The van der Waals surface area contributed by atoms with Crippen molar-refractivity contribution in [1.29, 1.82) is 0 Å². The van der Waals surface area contributed by atoms with Crippen LogP contribution in [0.25, 0.3) is 0 Å². The van der Waals surface area contributed by atoms with E-state index in [0.29, 0.717) is 11.7 Å². The molecule has 1 unspecified atom stereocenters. The summed E-state index contributed by atoms with van der Waals surface area (Å²) in [5.41, 5.74) is 7.83. The monoisotopic (exact) mass is 711 g/mol. The fraction of sp³-hybridized carbons (Fsp3) is 0.349. The van der Waals surface area contributed by atoms with Crippen molar-refractivity contribution < 1.29 is 24.3 Å². The number of piperidine rings is 1. The zero-order valence-corrected chi connectivity index (χ0v) is 29.8. The van der Waals surface area contributed by atoms with Crippen LogP contribution < -0.4 is 15.5 Å². The lowest BCUT2D eigenvalue weighted by Gasteiger charge is -2.37. The molecule has 2 saturated heterocycles. The minimum absolute atomic E-state index is 0.0983. The number of phenols is 1. The minimum atomic E-state index is -0.963. The molecule has 3 heterocycles. The molecule has 0 bridgehead atoms. The molecular formula is C43H45N5O5. The topological polar surface area (TPSA) is 122 Å². The molecule has 1 aliphatic carbocycles. The van der Waals surface area contributed by atoms with Crippen LogP contribution in [0.5, 0.6) is 5.75 Å². The van der Waals surface area contributed by atoms with E-state index in [1.807, 2.05) is 12.1 Å². The molecule has 10 nitrogen and oxygen atoms in total. The van der Waals surface area contributed by atoms with Gasteiger partial charge in [-0.2, -0.15) is 0 Å². The molecule has 3 aliphatic heterocycles. The second-order valence-corrected chi connectivity index (χ2v) is 14.7. The van der Waals surface area contributed by atoms with Gasteiger partial charge >= 0.3 is 0 Å². The molecule has 4 amide bonds. The van der Waals surface area contributed by atoms with Gasteiger partial charge in [-0.25, -0.2) is 0 Å². The first-order valence-corrected chi connectivity index (χ1v) is 18.9. The highest BCUT2D eigenvalue weighted by Crippen LogP contribution is 2.47. The van der Waals surface area contributed by atoms with Crippen LogP contribution in [0.4, 0.5) is 11.4 Å². The van der Waals surface area contributed by atoms with Gasteiger partial charge in [-0.05, 0) is 109 Å². The van der Waals surface area contributed by atoms with Crippen LogP contribution in [0, 0.1) is 0 Å². The SMILES string of the molecule is O=C1CCC(N2C(=O)c3ccc(NCCCCN4CCN(c5ccc([C@@H]6c7ccc(O)cc7CC[C@@H]6c6ccccc6)cc5)CC4)cc3C2=O)C(=O)N1. The predicted octanol–water partition coefficient (Wildman–Crippen LogP) is 5.67. The zero-order valence-electron chi connectivity index (χ0n) is 29.8. The lowest BCUT2D eigenvalue weighted by Crippen LogP contribution is -2.54. The molecule has 0 saturated carbocycles. The second-order valence-electron chi connectivity index (χ2n) is 14.7. The van der Waals surface area contributed by atoms with Crippen LogP contribution in [0.15, 0.2) is 91.0 Å². The minimum Gasteiger partial charge on any atom is -0.508 e. The third kappa shape index (κ3) is 7.03. The van der Waals surface area contributed by atoms with E-state index < -0.39 is 23.8 Å². The van der Waals surface area contributed by atoms with E-state index in [1.54, 1.807) is 18.2 Å². The van der Waals surface area contributed by atoms with E-state index in [1.165, 1.54) is 27.9 Å². The number of fused-ring (bicyclic) bond motifs is 2. The van der Waals surface area contributed by atoms with E-state index in [4.69, 9.17) is 0 Å². The van der Waals surface area contributed by atoms with E-state index >= 15 is 0 Å². The third-order valence-corrected chi connectivity index (χ3v) is 11.5. The first kappa shape index (κ1) is 34.6. The molecule has 4 aromatic carbocycles. The fourth-order valence-electron chi connectivity index (χ4n) is 8.67. The van der Waals surface area contributed by atoms with E-state index in [-0.39, 0.29) is 35.8 Å². The summed E-state index contributed by atoms with van der Waals surface area (Å²) in [6.45, 7) is 5.73. The molecule has 0 spiro atoms. The van der Waals surface area contributed by atoms with Crippen LogP contribution in [0.1, 0.15) is 86.9 Å². The molecule has 3 N–H and O–H groups in total. The Morgan fingerprint density at radius 2 is 1.51 bits per heavy atom. The Kier molecular flexibility index (Phi) is 9.71. The van der Waals surface area contributed by atoms with Gasteiger partial charge < -0.3 is 15.3 Å². The molecule has 3 atom stereocenters. The van der Waals surface area contributed by atoms with Gasteiger partial charge in [0, 0.05) is 56.4 Å². The van der Waals surface area contributed by atoms with Gasteiger partial charge in [-0.15, -0.1) is 0 Å². The van der Waals surface area contributed by atoms with Gasteiger partial charge in [0.25, 0.3) is 11.8 Å². The highest BCUT2D eigenvalue weighted by Gasteiger charge is 2.44. The third-order valence-electron chi connectivity index (χ3n) is 11.5. The number of hydrogen-bond acceptors (Lipinski definition) is 8. The normalized spacial score (nSPS) is 21.7. The lowest BCUT2D eigenvalue weighted by atomic mass is 9.69. The van der Waals surface area contributed by atoms with Gasteiger partial charge in [0.05, 0.1) is 11.1 Å². The number of nitrogens with zero attached hydrogens (tertiary/aromatic N) is 3. The molecule has 0 radical (unpaired) electrons. The van der Waals surface area contributed by atoms with Crippen molar-refractivity contribution >= 4 is 35.0 Å². The first-order valence-electron chi connectivity index (χ1n) is 18.9. The fourth-order valence-corrected chi connectivity index (χ4v) is 8.67. The number of rotatable bonds is 10. The number of unbranched alkanes of at least 4 members (excludes halogenated alkanes) is 1. The van der Waals surface area contributed by atoms with Crippen molar-refractivity contribution in [2.24, 2.45) is 0 Å². The quantitative estimate of drug-likeness (QED) is 0.142. The Hall–Kier alpha value is -5.48. The Labute approximate surface area is 309 Å². The number of hydrogen-bond donors (Lipinski definition) is 3. The molecule has 2 fully saturated rings. The number of carbonyl (C=O) groups excluding carboxylic acids is 4. The second kappa shape index (κ2) is 14.9. The number of aromatic hydroxyl groups is 1. The van der Waals surface area contributed by atoms with E-state index in [9.17, 15) is 24.3 Å². The number of carbonyl (C=O) groups is 4. The molecule has 10 heteroatoms. The Morgan fingerprint density at radius 3 is 2.28 bits per heavy atom. The summed E-state index contributed by atoms with van der Waals surface area (Å²) in [6, 6.07) is 30.0. The molecular weight excluding hydrogens is 667 g/mol. The van der Waals surface area contributed by atoms with Gasteiger partial charge in [0.1, 0.15) is 11.8 Å². The average molecular weight is 712 g/mol. The zero-order chi connectivity index (χ0) is 36.5. The largest absolute Gasteiger partial charge is 0.508 e. The maximum atomic E-state index is 13.1. The number of imide groups is 2. The smallest absolute Gasteiger partial charge is 0.262 e. The van der Waals surface area contributed by atoms with E-state index in [0.717, 1.165) is 75.5 Å². The lowest BCUT2D eigenvalue weighted by molar-refractivity contribution is -0.136. The summed E-state index contributed by atoms with van der Waals surface area (Å²) in [5.74, 6) is -1.01. The molecule has 4 aromatic rings. The van der Waals surface area contributed by atoms with Gasteiger partial charge in [0.2, 0.25) is 11.8 Å². The number of aryl methyl sites for hydroxylation is 1. The Morgan fingerprint density at radius 1 is 0.736 bits per heavy atom. The maximum Gasteiger partial charge on any atom is 0.262 e. The van der Waals surface area contributed by atoms with Gasteiger partial charge in [0.15, 0.2) is 0 Å². The highest BCUT2D eigenvalue weighted by atomic mass is 16.3. The van der Waals surface area contributed by atoms with E-state index in [2.05, 4.69) is 81.1 Å². The Balaban J connectivity index is 0.811. The maximum absolute atomic E-state index is 13.1. The summed E-state index contributed by atoms with van der Waals surface area (Å²) in [6.07, 6.45) is 4.26. The predicted molar refractivity (Wildman–Crippen MR) is 203 cm³/mol. The van der Waals surface area contributed by atoms with Crippen LogP contribution in [0.2, 0.25) is 0 Å². The number of phenolic OH excluding ortho intramolecular Hbond substituents is 1. The summed E-state index contributed by atoms with van der Waals surface area (Å²) >= 11 is 0. The summed E-state index contributed by atoms with van der Waals surface area (Å²) in [4.78, 5) is 56.0. The molecule has 272 valence electrons. The average Bonchev–Trinajstić information content (AvgIpc) is 3.42. The van der Waals surface area contributed by atoms with Gasteiger partial charge in [-0.3, -0.25) is 34.3 Å². The summed E-state index contributed by atoms with van der Waals surface area (Å²) in [7, 11) is 0. The number of amides is 4. The number of nitrogens with one attached hydrogen (secondary N) is 2. The van der Waals surface area contributed by atoms with Crippen LogP contribution in [-0.4, -0.2) is 83.8 Å². The van der Waals surface area contributed by atoms with Gasteiger partial charge in [-0.1, -0.05) is 48.5 Å². The standard InChI is InChI=1S/C43H45N5O5/c49-33-14-17-35-30(26-33)10-15-34(28-6-2-1-3-7-28)40(35)29-8-12-32(13-9-29)47-24-22-46(23-25-47)21-5-4-20-44-31-11-16-36-37(27-31)43(53)48(42(36)52)38-18-19-39(50)45-41(38)51/h1-3,6-9,11-14,16-17,26-27,34,38,40,44,49H,4-5,10,15,18-25H2,(H,45,50,51)/t34-,38?,40+/m1/s1. The number of piperazine rings is 1. The van der Waals surface area contributed by atoms with Crippen molar-refractivity contribution in [2.45, 2.75) is 56.4 Å². The Bertz CT molecular complexity index is 2020. The first-order chi connectivity index (χ1) is 25.8. The van der Waals surface area contributed by atoms with Crippen LogP contribution >= 0.6 is 0 Å². The molecule has 0 aromatic heterocycles. The van der Waals surface area contributed by atoms with Crippen molar-refractivity contribution in [3.8, 4) is 5.75 Å². The summed E-state index contributed by atoms with van der Waals surface area (Å²) < 4.78 is 0. The van der Waals surface area contributed by atoms with Crippen molar-refractivity contribution in [2.75, 3.05) is 49.5 Å². The molecule has 8 rings (SSSR count). The number of benzene rings is 4.